The van der Waals surface area contributed by atoms with E-state index in [0.29, 0.717) is 12.0 Å². The Hall–Kier alpha value is -0.600. The van der Waals surface area contributed by atoms with E-state index in [0.717, 1.165) is 38.7 Å². The van der Waals surface area contributed by atoms with Gasteiger partial charge in [-0.05, 0) is 34.7 Å². The number of likely N-dealkylation sites (tertiary alicyclic amines) is 1. The van der Waals surface area contributed by atoms with E-state index >= 15 is 0 Å². The minimum absolute atomic E-state index is 0. The number of halogens is 1. The number of aliphatic imine (C=N–C) groups is 1. The highest BCUT2D eigenvalue weighted by molar-refractivity contribution is 14.0. The van der Waals surface area contributed by atoms with Crippen molar-refractivity contribution < 1.29 is 0 Å². The van der Waals surface area contributed by atoms with Crippen LogP contribution in [0.25, 0.3) is 0 Å². The van der Waals surface area contributed by atoms with Crippen molar-refractivity contribution in [1.82, 2.24) is 15.1 Å². The first-order valence-corrected chi connectivity index (χ1v) is 9.09. The van der Waals surface area contributed by atoms with Crippen molar-refractivity contribution >= 4 is 41.3 Å². The summed E-state index contributed by atoms with van der Waals surface area (Å²) in [7, 11) is 1.89. The molecule has 4 nitrogen and oxygen atoms in total. The van der Waals surface area contributed by atoms with Crippen molar-refractivity contribution in [2.24, 2.45) is 4.99 Å². The Bertz CT molecular complexity index is 521. The van der Waals surface area contributed by atoms with E-state index in [1.54, 1.807) is 11.3 Å². The maximum Gasteiger partial charge on any atom is 0.193 e. The number of hydrogen-bond donors (Lipinski definition) is 1. The normalized spacial score (nSPS) is 23.1. The summed E-state index contributed by atoms with van der Waals surface area (Å²) in [6.45, 7) is 7.63. The standard InChI is InChI=1S/C17H26N4S.HI/c1-14(15-6-10-22-13-15)11-19-17(18-2)21-9-5-16(12-21)20-7-3-4-8-20;/h3-4,6,10,13-14,16H,5,7-9,11-12H2,1-2H3,(H,18,19);1H. The number of hydrogen-bond acceptors (Lipinski definition) is 3. The van der Waals surface area contributed by atoms with Gasteiger partial charge >= 0.3 is 0 Å². The lowest BCUT2D eigenvalue weighted by molar-refractivity contribution is 0.259. The molecular formula is C17H27IN4S. The highest BCUT2D eigenvalue weighted by Crippen LogP contribution is 2.19. The van der Waals surface area contributed by atoms with E-state index in [1.165, 1.54) is 12.0 Å². The first-order chi connectivity index (χ1) is 10.8. The van der Waals surface area contributed by atoms with Crippen LogP contribution in [0.2, 0.25) is 0 Å². The van der Waals surface area contributed by atoms with Crippen LogP contribution in [0.5, 0.6) is 0 Å². The van der Waals surface area contributed by atoms with E-state index in [2.05, 4.69) is 56.0 Å². The van der Waals surface area contributed by atoms with Gasteiger partial charge in [0.25, 0.3) is 0 Å². The van der Waals surface area contributed by atoms with E-state index in [-0.39, 0.29) is 24.0 Å². The lowest BCUT2D eigenvalue weighted by atomic mass is 10.1. The van der Waals surface area contributed by atoms with Crippen LogP contribution in [0.3, 0.4) is 0 Å². The molecule has 0 aromatic carbocycles. The molecule has 0 aliphatic carbocycles. The lowest BCUT2D eigenvalue weighted by Gasteiger charge is -2.26. The molecule has 1 aromatic rings. The fourth-order valence-corrected chi connectivity index (χ4v) is 4.06. The van der Waals surface area contributed by atoms with Crippen LogP contribution in [-0.2, 0) is 0 Å². The highest BCUT2D eigenvalue weighted by Gasteiger charge is 2.29. The lowest BCUT2D eigenvalue weighted by Crippen LogP contribution is -2.43. The summed E-state index contributed by atoms with van der Waals surface area (Å²) in [5, 5.41) is 7.94. The Balaban J connectivity index is 0.00000192. The number of guanidine groups is 1. The third-order valence-electron chi connectivity index (χ3n) is 4.72. The summed E-state index contributed by atoms with van der Waals surface area (Å²) in [6, 6.07) is 2.88. The molecular weight excluding hydrogens is 419 g/mol. The highest BCUT2D eigenvalue weighted by atomic mass is 127. The fourth-order valence-electron chi connectivity index (χ4n) is 3.27. The van der Waals surface area contributed by atoms with Gasteiger partial charge < -0.3 is 10.2 Å². The van der Waals surface area contributed by atoms with Crippen LogP contribution < -0.4 is 5.32 Å². The van der Waals surface area contributed by atoms with Crippen LogP contribution in [0, 0.1) is 0 Å². The smallest absolute Gasteiger partial charge is 0.193 e. The summed E-state index contributed by atoms with van der Waals surface area (Å²) in [6.07, 6.45) is 5.79. The number of rotatable bonds is 4. The van der Waals surface area contributed by atoms with Gasteiger partial charge in [0.2, 0.25) is 0 Å². The van der Waals surface area contributed by atoms with E-state index in [4.69, 9.17) is 0 Å². The van der Waals surface area contributed by atoms with Crippen LogP contribution in [0.1, 0.15) is 24.8 Å². The van der Waals surface area contributed by atoms with E-state index in [1.807, 2.05) is 7.05 Å². The molecule has 1 N–H and O–H groups in total. The molecule has 1 fully saturated rings. The molecule has 3 rings (SSSR count). The predicted molar refractivity (Wildman–Crippen MR) is 110 cm³/mol. The van der Waals surface area contributed by atoms with Gasteiger partial charge in [0.05, 0.1) is 0 Å². The van der Waals surface area contributed by atoms with Crippen molar-refractivity contribution in [2.45, 2.75) is 25.3 Å². The molecule has 0 saturated carbocycles. The van der Waals surface area contributed by atoms with Gasteiger partial charge in [-0.25, -0.2) is 0 Å². The van der Waals surface area contributed by atoms with Gasteiger partial charge in [-0.2, -0.15) is 11.3 Å². The minimum Gasteiger partial charge on any atom is -0.356 e. The molecule has 0 spiro atoms. The van der Waals surface area contributed by atoms with Crippen molar-refractivity contribution in [3.05, 3.63) is 34.5 Å². The second-order valence-corrected chi connectivity index (χ2v) is 6.98. The Morgan fingerprint density at radius 3 is 2.87 bits per heavy atom. The van der Waals surface area contributed by atoms with Crippen molar-refractivity contribution in [3.8, 4) is 0 Å². The molecule has 2 atom stereocenters. The van der Waals surface area contributed by atoms with Crippen molar-refractivity contribution in [3.63, 3.8) is 0 Å². The Morgan fingerprint density at radius 1 is 1.43 bits per heavy atom. The summed E-state index contributed by atoms with van der Waals surface area (Å²) in [4.78, 5) is 9.45. The van der Waals surface area contributed by atoms with Crippen LogP contribution >= 0.6 is 35.3 Å². The van der Waals surface area contributed by atoms with Gasteiger partial charge in [0.15, 0.2) is 5.96 Å². The third kappa shape index (κ3) is 4.70. The zero-order valence-electron chi connectivity index (χ0n) is 13.9. The molecule has 6 heteroatoms. The molecule has 23 heavy (non-hydrogen) atoms. The summed E-state index contributed by atoms with van der Waals surface area (Å²) in [5.41, 5.74) is 1.41. The average molecular weight is 446 g/mol. The SMILES string of the molecule is CN=C(NCC(C)c1ccsc1)N1CCC(N2CC=CC2)C1.I. The van der Waals surface area contributed by atoms with Crippen molar-refractivity contribution in [1.29, 1.82) is 0 Å². The average Bonchev–Trinajstić information content (AvgIpc) is 3.27. The van der Waals surface area contributed by atoms with E-state index < -0.39 is 0 Å². The molecule has 2 aliphatic rings. The quantitative estimate of drug-likeness (QED) is 0.334. The molecule has 1 aromatic heterocycles. The summed E-state index contributed by atoms with van der Waals surface area (Å²) < 4.78 is 0. The van der Waals surface area contributed by atoms with Crippen LogP contribution in [0.15, 0.2) is 34.0 Å². The largest absolute Gasteiger partial charge is 0.356 e. The maximum absolute atomic E-state index is 4.48. The minimum atomic E-state index is 0. The van der Waals surface area contributed by atoms with Gasteiger partial charge in [-0.3, -0.25) is 9.89 Å². The Morgan fingerprint density at radius 2 is 2.22 bits per heavy atom. The topological polar surface area (TPSA) is 30.9 Å². The second kappa shape index (κ2) is 9.03. The zero-order chi connectivity index (χ0) is 15.4. The first kappa shape index (κ1) is 18.7. The summed E-state index contributed by atoms with van der Waals surface area (Å²) in [5.74, 6) is 1.57. The molecule has 128 valence electrons. The number of thiophene rings is 1. The monoisotopic (exact) mass is 446 g/mol. The number of nitrogens with one attached hydrogen (secondary N) is 1. The maximum atomic E-state index is 4.48. The van der Waals surface area contributed by atoms with Gasteiger partial charge in [-0.15, -0.1) is 24.0 Å². The van der Waals surface area contributed by atoms with Crippen LogP contribution in [-0.4, -0.2) is 61.6 Å². The molecule has 0 amide bonds. The zero-order valence-corrected chi connectivity index (χ0v) is 17.1. The second-order valence-electron chi connectivity index (χ2n) is 6.20. The molecule has 2 unspecified atom stereocenters. The van der Waals surface area contributed by atoms with E-state index in [9.17, 15) is 0 Å². The Kier molecular flexibility index (Phi) is 7.36. The van der Waals surface area contributed by atoms with Crippen LogP contribution in [0.4, 0.5) is 0 Å². The van der Waals surface area contributed by atoms with Crippen molar-refractivity contribution in [2.75, 3.05) is 39.8 Å². The molecule has 3 heterocycles. The molecule has 0 radical (unpaired) electrons. The molecule has 2 aliphatic heterocycles. The predicted octanol–water partition coefficient (Wildman–Crippen LogP) is 2.99. The van der Waals surface area contributed by atoms with Gasteiger partial charge in [0.1, 0.15) is 0 Å². The summed E-state index contributed by atoms with van der Waals surface area (Å²) >= 11 is 1.77. The molecule has 0 bridgehead atoms. The molecule has 1 saturated heterocycles. The fraction of sp³-hybridized carbons (Fsp3) is 0.588. The van der Waals surface area contributed by atoms with Gasteiger partial charge in [-0.1, -0.05) is 19.1 Å². The number of nitrogens with zero attached hydrogens (tertiary/aromatic N) is 3. The third-order valence-corrected chi connectivity index (χ3v) is 5.42. The first-order valence-electron chi connectivity index (χ1n) is 8.14. The Labute approximate surface area is 160 Å². The van der Waals surface area contributed by atoms with Gasteiger partial charge in [0, 0.05) is 45.8 Å².